The van der Waals surface area contributed by atoms with Crippen LogP contribution in [0, 0.1) is 6.92 Å². The highest BCUT2D eigenvalue weighted by Gasteiger charge is 2.10. The second-order valence-electron chi connectivity index (χ2n) is 5.77. The quantitative estimate of drug-likeness (QED) is 0.538. The van der Waals surface area contributed by atoms with E-state index in [1.807, 2.05) is 6.07 Å². The minimum absolute atomic E-state index is 0.678. The number of fused-ring (bicyclic) bond motifs is 1. The number of carbonyl (C=O) groups is 1. The number of amides is 1. The molecule has 1 amide bonds. The number of nitrogens with zero attached hydrogens (tertiary/aromatic N) is 2. The molecule has 0 fully saturated rings. The van der Waals surface area contributed by atoms with Crippen molar-refractivity contribution in [2.24, 2.45) is 0 Å². The molecule has 4 heteroatoms. The molecule has 2 aromatic carbocycles. The van der Waals surface area contributed by atoms with Gasteiger partial charge in [0.15, 0.2) is 0 Å². The number of aryl methyl sites for hydroxylation is 2. The summed E-state index contributed by atoms with van der Waals surface area (Å²) in [6, 6.07) is 16.8. The molecule has 0 bridgehead atoms. The third-order valence-corrected chi connectivity index (χ3v) is 3.96. The van der Waals surface area contributed by atoms with Crippen LogP contribution in [0.3, 0.4) is 0 Å². The van der Waals surface area contributed by atoms with Crippen LogP contribution >= 0.6 is 0 Å². The minimum Gasteiger partial charge on any atom is -0.359 e. The van der Waals surface area contributed by atoms with Gasteiger partial charge in [-0.1, -0.05) is 42.0 Å². The van der Waals surface area contributed by atoms with Gasteiger partial charge < -0.3 is 9.88 Å². The predicted molar refractivity (Wildman–Crippen MR) is 92.4 cm³/mol. The van der Waals surface area contributed by atoms with E-state index in [1.54, 1.807) is 0 Å². The highest BCUT2D eigenvalue weighted by Crippen LogP contribution is 2.19. The highest BCUT2D eigenvalue weighted by atomic mass is 16.1. The van der Waals surface area contributed by atoms with E-state index in [4.69, 9.17) is 4.98 Å². The zero-order valence-electron chi connectivity index (χ0n) is 13.3. The maximum atomic E-state index is 10.4. The van der Waals surface area contributed by atoms with Crippen LogP contribution in [0.15, 0.2) is 48.5 Å². The Bertz CT molecular complexity index is 807. The zero-order valence-corrected chi connectivity index (χ0v) is 13.3. The Kier molecular flexibility index (Phi) is 4.71. The molecule has 0 aliphatic rings. The highest BCUT2D eigenvalue weighted by molar-refractivity contribution is 5.76. The first-order chi connectivity index (χ1) is 11.3. The number of aromatic nitrogens is 2. The monoisotopic (exact) mass is 307 g/mol. The largest absolute Gasteiger partial charge is 0.359 e. The van der Waals surface area contributed by atoms with Crippen molar-refractivity contribution < 1.29 is 4.79 Å². The van der Waals surface area contributed by atoms with E-state index in [0.717, 1.165) is 42.7 Å². The van der Waals surface area contributed by atoms with Gasteiger partial charge in [-0.3, -0.25) is 4.79 Å². The number of para-hydroxylation sites is 2. The van der Waals surface area contributed by atoms with E-state index >= 15 is 0 Å². The summed E-state index contributed by atoms with van der Waals surface area (Å²) in [7, 11) is 0. The summed E-state index contributed by atoms with van der Waals surface area (Å²) >= 11 is 0. The third kappa shape index (κ3) is 3.59. The lowest BCUT2D eigenvalue weighted by Gasteiger charge is -2.10. The molecular formula is C19H21N3O. The smallest absolute Gasteiger partial charge is 0.207 e. The van der Waals surface area contributed by atoms with Crippen LogP contribution in [0.4, 0.5) is 0 Å². The Morgan fingerprint density at radius 2 is 2.04 bits per heavy atom. The molecule has 0 radical (unpaired) electrons. The number of nitrogens with one attached hydrogen (secondary N) is 1. The molecular weight excluding hydrogens is 286 g/mol. The summed E-state index contributed by atoms with van der Waals surface area (Å²) in [6.45, 7) is 3.61. The molecule has 23 heavy (non-hydrogen) atoms. The summed E-state index contributed by atoms with van der Waals surface area (Å²) in [5.74, 6) is 1.07. The number of carbonyl (C=O) groups excluding carboxylic acids is 1. The van der Waals surface area contributed by atoms with Crippen molar-refractivity contribution in [2.45, 2.75) is 26.3 Å². The molecule has 1 aromatic heterocycles. The summed E-state index contributed by atoms with van der Waals surface area (Å²) in [4.78, 5) is 15.1. The number of hydrogen-bond donors (Lipinski definition) is 1. The van der Waals surface area contributed by atoms with E-state index < -0.39 is 0 Å². The van der Waals surface area contributed by atoms with Crippen LogP contribution in [0.25, 0.3) is 11.0 Å². The predicted octanol–water partition coefficient (Wildman–Crippen LogP) is 3.07. The Morgan fingerprint density at radius 1 is 1.17 bits per heavy atom. The van der Waals surface area contributed by atoms with E-state index in [1.165, 1.54) is 11.1 Å². The van der Waals surface area contributed by atoms with E-state index in [9.17, 15) is 4.79 Å². The summed E-state index contributed by atoms with van der Waals surface area (Å²) in [6.07, 6.45) is 2.48. The fourth-order valence-corrected chi connectivity index (χ4v) is 2.89. The fraction of sp³-hybridized carbons (Fsp3) is 0.263. The van der Waals surface area contributed by atoms with Crippen molar-refractivity contribution in [3.05, 3.63) is 65.5 Å². The lowest BCUT2D eigenvalue weighted by atomic mass is 10.1. The SMILES string of the molecule is Cc1cccc(Cn2c(CCCNC=O)nc3ccccc32)c1. The normalized spacial score (nSPS) is 10.8. The molecule has 0 aliphatic carbocycles. The van der Waals surface area contributed by atoms with Gasteiger partial charge in [0.1, 0.15) is 5.82 Å². The zero-order chi connectivity index (χ0) is 16.1. The molecule has 3 rings (SSSR count). The standard InChI is InChI=1S/C19H21N3O/c1-15-6-4-7-16(12-15)13-22-18-9-3-2-8-17(18)21-19(22)10-5-11-20-14-23/h2-4,6-9,12,14H,5,10-11,13H2,1H3,(H,20,23). The van der Waals surface area contributed by atoms with Gasteiger partial charge in [-0.15, -0.1) is 0 Å². The van der Waals surface area contributed by atoms with Crippen LogP contribution in [-0.4, -0.2) is 22.5 Å². The summed E-state index contributed by atoms with van der Waals surface area (Å²) in [5.41, 5.74) is 4.73. The fourth-order valence-electron chi connectivity index (χ4n) is 2.89. The molecule has 0 unspecified atom stereocenters. The van der Waals surface area contributed by atoms with E-state index in [-0.39, 0.29) is 0 Å². The second-order valence-corrected chi connectivity index (χ2v) is 5.77. The summed E-state index contributed by atoms with van der Waals surface area (Å²) in [5, 5.41) is 2.71. The maximum Gasteiger partial charge on any atom is 0.207 e. The molecule has 0 atom stereocenters. The van der Waals surface area contributed by atoms with Crippen LogP contribution in [0.2, 0.25) is 0 Å². The van der Waals surface area contributed by atoms with Gasteiger partial charge >= 0.3 is 0 Å². The first kappa shape index (κ1) is 15.3. The molecule has 4 nitrogen and oxygen atoms in total. The molecule has 0 saturated heterocycles. The first-order valence-corrected chi connectivity index (χ1v) is 7.94. The van der Waals surface area contributed by atoms with Crippen LogP contribution in [0.5, 0.6) is 0 Å². The topological polar surface area (TPSA) is 46.9 Å². The number of rotatable bonds is 7. The first-order valence-electron chi connectivity index (χ1n) is 7.94. The molecule has 0 saturated carbocycles. The van der Waals surface area contributed by atoms with Gasteiger partial charge in [-0.25, -0.2) is 4.98 Å². The Morgan fingerprint density at radius 3 is 2.87 bits per heavy atom. The number of hydrogen-bond acceptors (Lipinski definition) is 2. The minimum atomic E-state index is 0.678. The van der Waals surface area contributed by atoms with Crippen molar-refractivity contribution in [1.82, 2.24) is 14.9 Å². The van der Waals surface area contributed by atoms with Crippen LogP contribution in [0.1, 0.15) is 23.4 Å². The van der Waals surface area contributed by atoms with Crippen molar-refractivity contribution in [2.75, 3.05) is 6.54 Å². The van der Waals surface area contributed by atoms with Crippen LogP contribution < -0.4 is 5.32 Å². The average molecular weight is 307 g/mol. The Balaban J connectivity index is 1.90. The van der Waals surface area contributed by atoms with Gasteiger partial charge in [-0.2, -0.15) is 0 Å². The third-order valence-electron chi connectivity index (χ3n) is 3.96. The van der Waals surface area contributed by atoms with E-state index in [0.29, 0.717) is 6.54 Å². The molecule has 0 spiro atoms. The maximum absolute atomic E-state index is 10.4. The van der Waals surface area contributed by atoms with Gasteiger partial charge in [-0.05, 0) is 31.0 Å². The van der Waals surface area contributed by atoms with Crippen molar-refractivity contribution in [3.63, 3.8) is 0 Å². The molecule has 3 aromatic rings. The number of imidazole rings is 1. The van der Waals surface area contributed by atoms with Crippen LogP contribution in [-0.2, 0) is 17.8 Å². The lowest BCUT2D eigenvalue weighted by molar-refractivity contribution is -0.109. The Hall–Kier alpha value is -2.62. The molecule has 0 aliphatic heterocycles. The van der Waals surface area contributed by atoms with Crippen molar-refractivity contribution >= 4 is 17.4 Å². The van der Waals surface area contributed by atoms with Gasteiger partial charge in [0.05, 0.1) is 11.0 Å². The van der Waals surface area contributed by atoms with Gasteiger partial charge in [0.25, 0.3) is 0 Å². The van der Waals surface area contributed by atoms with Gasteiger partial charge in [0, 0.05) is 19.5 Å². The second kappa shape index (κ2) is 7.09. The molecule has 1 N–H and O–H groups in total. The Labute approximate surface area is 136 Å². The molecule has 118 valence electrons. The average Bonchev–Trinajstić information content (AvgIpc) is 2.90. The van der Waals surface area contributed by atoms with Gasteiger partial charge in [0.2, 0.25) is 6.41 Å². The molecule has 1 heterocycles. The lowest BCUT2D eigenvalue weighted by Crippen LogP contribution is -2.14. The number of benzene rings is 2. The van der Waals surface area contributed by atoms with E-state index in [2.05, 4.69) is 59.3 Å². The summed E-state index contributed by atoms with van der Waals surface area (Å²) < 4.78 is 2.28. The van der Waals surface area contributed by atoms with Crippen molar-refractivity contribution in [1.29, 1.82) is 0 Å². The van der Waals surface area contributed by atoms with Crippen molar-refractivity contribution in [3.8, 4) is 0 Å².